The molecule has 5 N–H and O–H groups in total. The summed E-state index contributed by atoms with van der Waals surface area (Å²) in [6.45, 7) is 0.467. The van der Waals surface area contributed by atoms with Crippen LogP contribution in [0.15, 0.2) is 54.6 Å². The Kier molecular flexibility index (Phi) is 7.56. The fraction of sp³-hybridized carbons (Fsp3) is 0.304. The minimum atomic E-state index is -1.02. The van der Waals surface area contributed by atoms with Crippen molar-refractivity contribution in [2.45, 2.75) is 25.0 Å². The lowest BCUT2D eigenvalue weighted by Gasteiger charge is -2.34. The van der Waals surface area contributed by atoms with Gasteiger partial charge >= 0.3 is 5.97 Å². The van der Waals surface area contributed by atoms with Crippen molar-refractivity contribution in [1.29, 1.82) is 5.41 Å². The van der Waals surface area contributed by atoms with Gasteiger partial charge in [-0.3, -0.25) is 15.0 Å². The number of aliphatic carboxylic acids is 1. The average Bonchev–Trinajstić information content (AvgIpc) is 2.81. The molecule has 1 heterocycles. The Bertz CT molecular complexity index is 970. The summed E-state index contributed by atoms with van der Waals surface area (Å²) in [6.07, 6.45) is 0.849. The molecule has 1 aliphatic heterocycles. The van der Waals surface area contributed by atoms with Crippen LogP contribution in [0.2, 0.25) is 0 Å². The van der Waals surface area contributed by atoms with E-state index in [0.29, 0.717) is 42.6 Å². The highest BCUT2D eigenvalue weighted by atomic mass is 16.5. The first kappa shape index (κ1) is 23.0. The maximum Gasteiger partial charge on any atom is 0.329 e. The van der Waals surface area contributed by atoms with Crippen LogP contribution in [-0.4, -0.2) is 59.4 Å². The predicted molar refractivity (Wildman–Crippen MR) is 117 cm³/mol. The predicted octanol–water partition coefficient (Wildman–Crippen LogP) is 1.53. The quantitative estimate of drug-likeness (QED) is 0.363. The molecule has 1 fully saturated rings. The molecule has 0 unspecified atom stereocenters. The largest absolute Gasteiger partial charge is 0.480 e. The SMILES string of the molecule is N=C(N)c1ccc(C(=O)N[C@H](C(=O)N2CCC(OCC(=O)O)CC2)c2ccccc2)cc1. The molecule has 32 heavy (non-hydrogen) atoms. The molecule has 3 rings (SSSR count). The van der Waals surface area contributed by atoms with Crippen molar-refractivity contribution in [2.75, 3.05) is 19.7 Å². The van der Waals surface area contributed by atoms with Crippen LogP contribution in [0.1, 0.15) is 40.4 Å². The Morgan fingerprint density at radius 2 is 1.66 bits per heavy atom. The van der Waals surface area contributed by atoms with Gasteiger partial charge in [0.05, 0.1) is 6.10 Å². The number of piperidine rings is 1. The molecule has 0 aliphatic carbocycles. The van der Waals surface area contributed by atoms with Gasteiger partial charge in [-0.2, -0.15) is 0 Å². The van der Waals surface area contributed by atoms with Gasteiger partial charge in [0.15, 0.2) is 0 Å². The second kappa shape index (κ2) is 10.5. The van der Waals surface area contributed by atoms with E-state index in [1.54, 1.807) is 53.4 Å². The van der Waals surface area contributed by atoms with Crippen LogP contribution < -0.4 is 11.1 Å². The lowest BCUT2D eigenvalue weighted by atomic mass is 10.0. The highest BCUT2D eigenvalue weighted by Crippen LogP contribution is 2.21. The van der Waals surface area contributed by atoms with Gasteiger partial charge in [-0.1, -0.05) is 42.5 Å². The highest BCUT2D eigenvalue weighted by Gasteiger charge is 2.31. The molecule has 2 aromatic rings. The average molecular weight is 438 g/mol. The van der Waals surface area contributed by atoms with E-state index in [2.05, 4.69) is 5.32 Å². The van der Waals surface area contributed by atoms with Crippen molar-refractivity contribution in [3.05, 3.63) is 71.3 Å². The van der Waals surface area contributed by atoms with Crippen molar-refractivity contribution < 1.29 is 24.2 Å². The number of nitrogen functional groups attached to an aromatic ring is 1. The van der Waals surface area contributed by atoms with Crippen LogP contribution in [0.5, 0.6) is 0 Å². The van der Waals surface area contributed by atoms with E-state index in [4.69, 9.17) is 21.0 Å². The molecule has 1 atom stereocenters. The third-order valence-corrected chi connectivity index (χ3v) is 5.31. The maximum absolute atomic E-state index is 13.3. The van der Waals surface area contributed by atoms with Crippen LogP contribution in [0.25, 0.3) is 0 Å². The number of nitrogens with zero attached hydrogens (tertiary/aromatic N) is 1. The molecule has 0 saturated carbocycles. The number of rotatable bonds is 8. The summed E-state index contributed by atoms with van der Waals surface area (Å²) >= 11 is 0. The normalized spacial score (nSPS) is 15.1. The number of carbonyl (C=O) groups excluding carboxylic acids is 2. The van der Waals surface area contributed by atoms with Gasteiger partial charge in [0.1, 0.15) is 18.5 Å². The first-order valence-electron chi connectivity index (χ1n) is 10.3. The van der Waals surface area contributed by atoms with Crippen LogP contribution in [0.3, 0.4) is 0 Å². The zero-order valence-corrected chi connectivity index (χ0v) is 17.5. The van der Waals surface area contributed by atoms with Gasteiger partial charge in [-0.15, -0.1) is 0 Å². The number of amidine groups is 1. The third kappa shape index (κ3) is 5.92. The summed E-state index contributed by atoms with van der Waals surface area (Å²) in [5, 5.41) is 19.0. The molecule has 2 aromatic carbocycles. The van der Waals surface area contributed by atoms with Crippen molar-refractivity contribution in [2.24, 2.45) is 5.73 Å². The van der Waals surface area contributed by atoms with Gasteiger partial charge in [0, 0.05) is 24.2 Å². The van der Waals surface area contributed by atoms with Crippen LogP contribution in [-0.2, 0) is 14.3 Å². The minimum Gasteiger partial charge on any atom is -0.480 e. The Hall–Kier alpha value is -3.72. The van der Waals surface area contributed by atoms with E-state index in [1.165, 1.54) is 0 Å². The molecule has 0 spiro atoms. The zero-order valence-electron chi connectivity index (χ0n) is 17.5. The fourth-order valence-corrected chi connectivity index (χ4v) is 3.56. The zero-order chi connectivity index (χ0) is 23.1. The number of benzene rings is 2. The summed E-state index contributed by atoms with van der Waals surface area (Å²) in [6, 6.07) is 14.4. The van der Waals surface area contributed by atoms with E-state index in [1.807, 2.05) is 6.07 Å². The monoisotopic (exact) mass is 438 g/mol. The van der Waals surface area contributed by atoms with E-state index in [0.717, 1.165) is 0 Å². The number of carboxylic acid groups (broad SMARTS) is 1. The number of nitrogens with two attached hydrogens (primary N) is 1. The van der Waals surface area contributed by atoms with Gasteiger partial charge < -0.3 is 25.8 Å². The minimum absolute atomic E-state index is 0.0926. The summed E-state index contributed by atoms with van der Waals surface area (Å²) < 4.78 is 5.34. The molecule has 9 nitrogen and oxygen atoms in total. The number of carbonyl (C=O) groups is 3. The molecular weight excluding hydrogens is 412 g/mol. The molecule has 168 valence electrons. The first-order chi connectivity index (χ1) is 15.3. The number of hydrogen-bond acceptors (Lipinski definition) is 5. The summed E-state index contributed by atoms with van der Waals surface area (Å²) in [7, 11) is 0. The number of amides is 2. The van der Waals surface area contributed by atoms with Crippen molar-refractivity contribution in [3.63, 3.8) is 0 Å². The molecule has 2 amide bonds. The highest BCUT2D eigenvalue weighted by molar-refractivity contribution is 6.00. The maximum atomic E-state index is 13.3. The second-order valence-corrected chi connectivity index (χ2v) is 7.54. The molecule has 9 heteroatoms. The number of hydrogen-bond donors (Lipinski definition) is 4. The summed E-state index contributed by atoms with van der Waals surface area (Å²) in [4.78, 5) is 38.5. The van der Waals surface area contributed by atoms with Crippen molar-refractivity contribution in [1.82, 2.24) is 10.2 Å². The lowest BCUT2D eigenvalue weighted by Crippen LogP contribution is -2.47. The second-order valence-electron chi connectivity index (χ2n) is 7.54. The van der Waals surface area contributed by atoms with Gasteiger partial charge in [0.25, 0.3) is 5.91 Å². The van der Waals surface area contributed by atoms with Crippen molar-refractivity contribution in [3.8, 4) is 0 Å². The van der Waals surface area contributed by atoms with Gasteiger partial charge in [-0.25, -0.2) is 4.79 Å². The standard InChI is InChI=1S/C23H26N4O5/c24-21(25)16-6-8-17(9-7-16)22(30)26-20(15-4-2-1-3-5-15)23(31)27-12-10-18(11-13-27)32-14-19(28)29/h1-9,18,20H,10-14H2,(H3,24,25)(H,26,30)(H,28,29)/t20-/m0/s1. The Balaban J connectivity index is 1.71. The number of ether oxygens (including phenoxy) is 1. The lowest BCUT2D eigenvalue weighted by molar-refractivity contribution is -0.147. The smallest absolute Gasteiger partial charge is 0.329 e. The van der Waals surface area contributed by atoms with Crippen LogP contribution >= 0.6 is 0 Å². The van der Waals surface area contributed by atoms with Gasteiger partial charge in [-0.05, 0) is 30.5 Å². The molecular formula is C23H26N4O5. The van der Waals surface area contributed by atoms with Gasteiger partial charge in [0.2, 0.25) is 5.91 Å². The van der Waals surface area contributed by atoms with E-state index in [-0.39, 0.29) is 24.5 Å². The first-order valence-corrected chi connectivity index (χ1v) is 10.3. The molecule has 0 bridgehead atoms. The van der Waals surface area contributed by atoms with E-state index in [9.17, 15) is 14.4 Å². The van der Waals surface area contributed by atoms with Crippen LogP contribution in [0.4, 0.5) is 0 Å². The fourth-order valence-electron chi connectivity index (χ4n) is 3.56. The molecule has 1 aliphatic rings. The van der Waals surface area contributed by atoms with E-state index >= 15 is 0 Å². The topological polar surface area (TPSA) is 146 Å². The molecule has 0 aromatic heterocycles. The summed E-state index contributed by atoms with van der Waals surface area (Å²) in [5.41, 5.74) is 6.98. The van der Waals surface area contributed by atoms with Crippen molar-refractivity contribution >= 4 is 23.6 Å². The third-order valence-electron chi connectivity index (χ3n) is 5.31. The van der Waals surface area contributed by atoms with E-state index < -0.39 is 17.9 Å². The Morgan fingerprint density at radius 1 is 1.06 bits per heavy atom. The molecule has 0 radical (unpaired) electrons. The summed E-state index contributed by atoms with van der Waals surface area (Å²) in [5.74, 6) is -1.76. The number of likely N-dealkylation sites (tertiary alicyclic amines) is 1. The Labute approximate surface area is 185 Å². The number of carboxylic acids is 1. The Morgan fingerprint density at radius 3 is 2.22 bits per heavy atom. The van der Waals surface area contributed by atoms with Crippen LogP contribution in [0, 0.1) is 5.41 Å². The molecule has 1 saturated heterocycles. The number of nitrogens with one attached hydrogen (secondary N) is 2.